The summed E-state index contributed by atoms with van der Waals surface area (Å²) in [5.41, 5.74) is 7.97. The van der Waals surface area contributed by atoms with Gasteiger partial charge in [0.25, 0.3) is 0 Å². The van der Waals surface area contributed by atoms with Crippen LogP contribution in [0.15, 0.2) is 66.7 Å². The molecule has 3 aromatic carbocycles. The first-order valence-electron chi connectivity index (χ1n) is 12.5. The van der Waals surface area contributed by atoms with Crippen molar-refractivity contribution in [1.29, 1.82) is 0 Å². The number of hydrogen-bond acceptors (Lipinski definition) is 4. The molecule has 0 saturated carbocycles. The van der Waals surface area contributed by atoms with E-state index in [0.29, 0.717) is 5.56 Å². The number of para-hydroxylation sites is 1. The Kier molecular flexibility index (Phi) is 6.74. The van der Waals surface area contributed by atoms with Gasteiger partial charge < -0.3 is 14.8 Å². The lowest BCUT2D eigenvalue weighted by atomic mass is 9.83. The minimum atomic E-state index is -0.294. The highest BCUT2D eigenvalue weighted by atomic mass is 16.5. The van der Waals surface area contributed by atoms with Gasteiger partial charge in [-0.15, -0.1) is 0 Å². The zero-order valence-corrected chi connectivity index (χ0v) is 20.7. The third-order valence-corrected chi connectivity index (χ3v) is 7.37. The Morgan fingerprint density at radius 1 is 1.17 bits per heavy atom. The van der Waals surface area contributed by atoms with Gasteiger partial charge in [-0.05, 0) is 73.1 Å². The Bertz CT molecular complexity index is 1270. The van der Waals surface area contributed by atoms with Crippen LogP contribution in [-0.4, -0.2) is 25.7 Å². The molecule has 0 fully saturated rings. The maximum atomic E-state index is 12.3. The van der Waals surface area contributed by atoms with E-state index < -0.39 is 0 Å². The maximum absolute atomic E-state index is 12.3. The summed E-state index contributed by atoms with van der Waals surface area (Å²) in [6, 6.07) is 21.2. The van der Waals surface area contributed by atoms with Crippen molar-refractivity contribution in [2.24, 2.45) is 0 Å². The number of carbonyl (C=O) groups excluding carboxylic acids is 1. The number of fused-ring (bicyclic) bond motifs is 2. The molecule has 0 amide bonds. The molecular weight excluding hydrogens is 434 g/mol. The van der Waals surface area contributed by atoms with Crippen LogP contribution in [0, 0.1) is 6.92 Å². The van der Waals surface area contributed by atoms with Crippen molar-refractivity contribution in [2.45, 2.75) is 51.2 Å². The first-order valence-corrected chi connectivity index (χ1v) is 12.5. The van der Waals surface area contributed by atoms with Crippen LogP contribution >= 0.6 is 0 Å². The molecule has 4 nitrogen and oxygen atoms in total. The Labute approximate surface area is 209 Å². The van der Waals surface area contributed by atoms with Crippen LogP contribution in [0.3, 0.4) is 0 Å². The summed E-state index contributed by atoms with van der Waals surface area (Å²) in [5, 5.41) is 3.74. The Balaban J connectivity index is 0.00000304. The number of benzene rings is 3. The summed E-state index contributed by atoms with van der Waals surface area (Å²) >= 11 is 0. The second-order valence-corrected chi connectivity index (χ2v) is 9.62. The largest absolute Gasteiger partial charge is 0.489 e. The summed E-state index contributed by atoms with van der Waals surface area (Å²) in [6.45, 7) is 4.92. The monoisotopic (exact) mass is 469 g/mol. The molecule has 182 valence electrons. The summed E-state index contributed by atoms with van der Waals surface area (Å²) in [5.74, 6) is 0.777. The van der Waals surface area contributed by atoms with Gasteiger partial charge >= 0.3 is 5.97 Å². The molecule has 1 N–H and O–H groups in total. The van der Waals surface area contributed by atoms with E-state index in [1.165, 1.54) is 29.4 Å². The standard InChI is InChI=1S/C31H33NO3.H2/c1-20-15-16-23(17-28(20)31(33)34-3)29-18-24(35-30-14-7-6-12-27(29)30)19-32-21(2)25-13-8-10-22-9-4-5-11-26(22)25;/h5-8,10-17,21,24,29,32H,4,9,18-19H2,1-3H3;1H/t21-,24-,29?;/m1./s1. The van der Waals surface area contributed by atoms with Gasteiger partial charge in [0, 0.05) is 25.5 Å². The molecule has 0 bridgehead atoms. The van der Waals surface area contributed by atoms with E-state index in [9.17, 15) is 4.79 Å². The number of rotatable bonds is 6. The van der Waals surface area contributed by atoms with Crippen molar-refractivity contribution in [3.05, 3.63) is 106 Å². The summed E-state index contributed by atoms with van der Waals surface area (Å²) < 4.78 is 11.5. The molecule has 3 atom stereocenters. The number of methoxy groups -OCH3 is 1. The summed E-state index contributed by atoms with van der Waals surface area (Å²) in [4.78, 5) is 12.3. The average molecular weight is 470 g/mol. The van der Waals surface area contributed by atoms with Gasteiger partial charge in [-0.2, -0.15) is 0 Å². The lowest BCUT2D eigenvalue weighted by Gasteiger charge is -2.34. The lowest BCUT2D eigenvalue weighted by Crippen LogP contribution is -2.37. The van der Waals surface area contributed by atoms with Gasteiger partial charge in [-0.25, -0.2) is 4.79 Å². The smallest absolute Gasteiger partial charge is 0.338 e. The highest BCUT2D eigenvalue weighted by Gasteiger charge is 2.30. The van der Waals surface area contributed by atoms with Crippen LogP contribution < -0.4 is 10.1 Å². The number of nitrogens with one attached hydrogen (secondary N) is 1. The zero-order chi connectivity index (χ0) is 24.4. The molecule has 1 aliphatic heterocycles. The minimum Gasteiger partial charge on any atom is -0.489 e. The predicted molar refractivity (Wildman–Crippen MR) is 142 cm³/mol. The van der Waals surface area contributed by atoms with E-state index in [2.05, 4.69) is 60.8 Å². The highest BCUT2D eigenvalue weighted by Crippen LogP contribution is 2.41. The van der Waals surface area contributed by atoms with E-state index in [4.69, 9.17) is 9.47 Å². The normalized spacial score (nSPS) is 19.3. The van der Waals surface area contributed by atoms with E-state index in [1.54, 1.807) is 0 Å². The molecule has 0 saturated heterocycles. The van der Waals surface area contributed by atoms with E-state index in [-0.39, 0.29) is 25.5 Å². The van der Waals surface area contributed by atoms with E-state index in [0.717, 1.165) is 42.7 Å². The van der Waals surface area contributed by atoms with Gasteiger partial charge in [0.15, 0.2) is 0 Å². The molecule has 0 radical (unpaired) electrons. The fourth-order valence-electron chi connectivity index (χ4n) is 5.41. The number of ether oxygens (including phenoxy) is 2. The fraction of sp³-hybridized carbons (Fsp3) is 0.323. The molecule has 5 rings (SSSR count). The third kappa shape index (κ3) is 4.76. The number of esters is 1. The molecule has 35 heavy (non-hydrogen) atoms. The van der Waals surface area contributed by atoms with Crippen molar-refractivity contribution in [2.75, 3.05) is 13.7 Å². The molecule has 3 aromatic rings. The van der Waals surface area contributed by atoms with Crippen LogP contribution in [0.1, 0.15) is 76.9 Å². The van der Waals surface area contributed by atoms with Gasteiger partial charge in [0.05, 0.1) is 12.7 Å². The Hall–Kier alpha value is -3.37. The van der Waals surface area contributed by atoms with E-state index >= 15 is 0 Å². The van der Waals surface area contributed by atoms with Crippen LogP contribution in [0.5, 0.6) is 5.75 Å². The topological polar surface area (TPSA) is 47.6 Å². The van der Waals surface area contributed by atoms with Crippen LogP contribution in [0.4, 0.5) is 0 Å². The first kappa shape index (κ1) is 23.4. The second-order valence-electron chi connectivity index (χ2n) is 9.62. The number of aryl methyl sites for hydroxylation is 2. The molecule has 0 spiro atoms. The quantitative estimate of drug-likeness (QED) is 0.412. The van der Waals surface area contributed by atoms with Crippen molar-refractivity contribution < 1.29 is 15.7 Å². The maximum Gasteiger partial charge on any atom is 0.338 e. The molecule has 1 unspecified atom stereocenters. The van der Waals surface area contributed by atoms with Gasteiger partial charge in [-0.1, -0.05) is 60.7 Å². The van der Waals surface area contributed by atoms with Crippen LogP contribution in [0.25, 0.3) is 6.08 Å². The van der Waals surface area contributed by atoms with Crippen molar-refractivity contribution in [3.8, 4) is 5.75 Å². The fourth-order valence-corrected chi connectivity index (χ4v) is 5.41. The average Bonchev–Trinajstić information content (AvgIpc) is 2.90. The number of carbonyl (C=O) groups is 1. The molecule has 0 aromatic heterocycles. The van der Waals surface area contributed by atoms with Crippen molar-refractivity contribution >= 4 is 12.0 Å². The lowest BCUT2D eigenvalue weighted by molar-refractivity contribution is 0.0599. The highest BCUT2D eigenvalue weighted by molar-refractivity contribution is 5.91. The summed E-state index contributed by atoms with van der Waals surface area (Å²) in [6.07, 6.45) is 7.63. The zero-order valence-electron chi connectivity index (χ0n) is 20.7. The van der Waals surface area contributed by atoms with Crippen LogP contribution in [-0.2, 0) is 11.2 Å². The second kappa shape index (κ2) is 10.1. The SMILES string of the molecule is COC(=O)c1cc(C2C[C@H](CN[C@H](C)c3cccc4c3C=CCC4)Oc3ccccc32)ccc1C.[HH]. The van der Waals surface area contributed by atoms with Crippen molar-refractivity contribution in [1.82, 2.24) is 5.32 Å². The minimum absolute atomic E-state index is 0. The van der Waals surface area contributed by atoms with Crippen molar-refractivity contribution in [3.63, 3.8) is 0 Å². The summed E-state index contributed by atoms with van der Waals surface area (Å²) in [7, 11) is 1.43. The predicted octanol–water partition coefficient (Wildman–Crippen LogP) is 6.62. The number of allylic oxidation sites excluding steroid dienone is 1. The first-order chi connectivity index (χ1) is 17.0. The molecule has 4 heteroatoms. The Morgan fingerprint density at radius 2 is 2.03 bits per heavy atom. The molecule has 1 heterocycles. The van der Waals surface area contributed by atoms with Gasteiger partial charge in [0.2, 0.25) is 0 Å². The van der Waals surface area contributed by atoms with Gasteiger partial charge in [-0.3, -0.25) is 0 Å². The third-order valence-electron chi connectivity index (χ3n) is 7.37. The number of hydrogen-bond donors (Lipinski definition) is 1. The molecule has 1 aliphatic carbocycles. The van der Waals surface area contributed by atoms with Gasteiger partial charge in [0.1, 0.15) is 11.9 Å². The Morgan fingerprint density at radius 3 is 2.89 bits per heavy atom. The molecule has 2 aliphatic rings. The molecular formula is C31H35NO3. The van der Waals surface area contributed by atoms with Crippen LogP contribution in [0.2, 0.25) is 0 Å². The van der Waals surface area contributed by atoms with E-state index in [1.807, 2.05) is 31.2 Å².